The fraction of sp³-hybridized carbons (Fsp3) is 0.286. The minimum atomic E-state index is -0.156. The van der Waals surface area contributed by atoms with Gasteiger partial charge >= 0.3 is 0 Å². The number of hydrogen-bond acceptors (Lipinski definition) is 7. The Kier molecular flexibility index (Phi) is 6.08. The van der Waals surface area contributed by atoms with E-state index in [1.54, 1.807) is 6.08 Å². The number of aryl methyl sites for hydroxylation is 1. The Balaban J connectivity index is 1.27. The van der Waals surface area contributed by atoms with Crippen LogP contribution in [-0.2, 0) is 4.79 Å². The summed E-state index contributed by atoms with van der Waals surface area (Å²) in [5, 5.41) is 10.4. The molecule has 0 bridgehead atoms. The Morgan fingerprint density at radius 3 is 2.87 bits per heavy atom. The number of furan rings is 1. The number of benzene rings is 1. The second-order valence-corrected chi connectivity index (χ2v) is 7.71. The van der Waals surface area contributed by atoms with Gasteiger partial charge in [0.25, 0.3) is 0 Å². The summed E-state index contributed by atoms with van der Waals surface area (Å²) in [6.07, 6.45) is 3.59. The van der Waals surface area contributed by atoms with Crippen molar-refractivity contribution in [3.8, 4) is 11.5 Å². The third kappa shape index (κ3) is 5.04. The van der Waals surface area contributed by atoms with E-state index >= 15 is 0 Å². The van der Waals surface area contributed by atoms with E-state index in [1.165, 1.54) is 11.8 Å². The van der Waals surface area contributed by atoms with Gasteiger partial charge < -0.3 is 19.2 Å². The van der Waals surface area contributed by atoms with Gasteiger partial charge in [0, 0.05) is 0 Å². The zero-order valence-corrected chi connectivity index (χ0v) is 17.5. The Bertz CT molecular complexity index is 1060. The van der Waals surface area contributed by atoms with Crippen LogP contribution in [0.15, 0.2) is 39.9 Å². The van der Waals surface area contributed by atoms with Crippen molar-refractivity contribution in [1.82, 2.24) is 20.5 Å². The molecule has 1 amide bonds. The second kappa shape index (κ2) is 9.08. The third-order valence-corrected chi connectivity index (χ3v) is 5.27. The number of aromatic amines is 1. The number of carbonyl (C=O) groups is 1. The first-order valence-corrected chi connectivity index (χ1v) is 10.5. The molecule has 0 spiro atoms. The predicted octanol–water partition coefficient (Wildman–Crippen LogP) is 3.62. The lowest BCUT2D eigenvalue weighted by Crippen LogP contribution is -2.28. The van der Waals surface area contributed by atoms with Gasteiger partial charge in [-0.2, -0.15) is 0 Å². The first-order valence-electron chi connectivity index (χ1n) is 9.55. The van der Waals surface area contributed by atoms with Crippen molar-refractivity contribution in [1.29, 1.82) is 0 Å². The lowest BCUT2D eigenvalue weighted by atomic mass is 10.1. The Labute approximate surface area is 178 Å². The molecule has 3 aromatic rings. The molecule has 3 heterocycles. The van der Waals surface area contributed by atoms with E-state index in [0.29, 0.717) is 29.9 Å². The van der Waals surface area contributed by atoms with Crippen LogP contribution in [0.1, 0.15) is 35.9 Å². The summed E-state index contributed by atoms with van der Waals surface area (Å²) in [5.74, 6) is 3.74. The minimum absolute atomic E-state index is 0.102. The molecule has 1 aromatic carbocycles. The second-order valence-electron chi connectivity index (χ2n) is 6.77. The quantitative estimate of drug-likeness (QED) is 0.556. The highest BCUT2D eigenvalue weighted by Crippen LogP contribution is 2.32. The molecular weight excluding hydrogens is 404 g/mol. The van der Waals surface area contributed by atoms with E-state index in [4.69, 9.17) is 13.9 Å². The van der Waals surface area contributed by atoms with Crippen LogP contribution in [0.4, 0.5) is 0 Å². The Hall–Kier alpha value is -3.20. The zero-order chi connectivity index (χ0) is 20.9. The molecular formula is C21H22N4O4S. The van der Waals surface area contributed by atoms with Crippen molar-refractivity contribution in [2.45, 2.75) is 25.0 Å². The Morgan fingerprint density at radius 2 is 2.07 bits per heavy atom. The number of thioether (sulfide) groups is 1. The maximum atomic E-state index is 12.3. The monoisotopic (exact) mass is 426 g/mol. The normalized spacial score (nSPS) is 14.1. The largest absolute Gasteiger partial charge is 0.486 e. The summed E-state index contributed by atoms with van der Waals surface area (Å²) >= 11 is 1.27. The molecule has 0 radical (unpaired) electrons. The van der Waals surface area contributed by atoms with Crippen LogP contribution in [0.2, 0.25) is 0 Å². The lowest BCUT2D eigenvalue weighted by molar-refractivity contribution is -0.119. The number of H-pyrrole nitrogens is 1. The van der Waals surface area contributed by atoms with Gasteiger partial charge in [-0.3, -0.25) is 9.89 Å². The first kappa shape index (κ1) is 20.1. The maximum Gasteiger partial charge on any atom is 0.230 e. The fourth-order valence-electron chi connectivity index (χ4n) is 2.93. The van der Waals surface area contributed by atoms with Crippen molar-refractivity contribution in [3.05, 3.63) is 53.2 Å². The number of nitrogens with one attached hydrogen (secondary N) is 2. The molecule has 0 saturated carbocycles. The highest BCUT2D eigenvalue weighted by atomic mass is 32.2. The highest BCUT2D eigenvalue weighted by Gasteiger charge is 2.16. The predicted molar refractivity (Wildman–Crippen MR) is 113 cm³/mol. The topological polar surface area (TPSA) is 102 Å². The average Bonchev–Trinajstić information content (AvgIpc) is 3.39. The van der Waals surface area contributed by atoms with Gasteiger partial charge in [-0.1, -0.05) is 17.8 Å². The summed E-state index contributed by atoms with van der Waals surface area (Å²) in [5.41, 5.74) is 0.955. The highest BCUT2D eigenvalue weighted by molar-refractivity contribution is 7.99. The van der Waals surface area contributed by atoms with E-state index in [2.05, 4.69) is 20.5 Å². The van der Waals surface area contributed by atoms with Gasteiger partial charge in [0.15, 0.2) is 11.5 Å². The number of aromatic nitrogens is 3. The van der Waals surface area contributed by atoms with Gasteiger partial charge in [0.05, 0.1) is 11.8 Å². The number of carbonyl (C=O) groups excluding carboxylic acids is 1. The molecule has 0 saturated heterocycles. The molecule has 8 nitrogen and oxygen atoms in total. The Morgan fingerprint density at radius 1 is 1.23 bits per heavy atom. The molecule has 156 valence electrons. The molecule has 0 fully saturated rings. The van der Waals surface area contributed by atoms with Crippen molar-refractivity contribution in [2.75, 3.05) is 19.0 Å². The molecule has 9 heteroatoms. The van der Waals surface area contributed by atoms with E-state index in [9.17, 15) is 4.79 Å². The van der Waals surface area contributed by atoms with Gasteiger partial charge in [-0.05, 0) is 55.8 Å². The molecule has 1 unspecified atom stereocenters. The number of rotatable bonds is 7. The first-order chi connectivity index (χ1) is 14.6. The summed E-state index contributed by atoms with van der Waals surface area (Å²) in [4.78, 5) is 16.7. The smallest absolute Gasteiger partial charge is 0.230 e. The molecule has 1 aliphatic heterocycles. The van der Waals surface area contributed by atoms with Crippen LogP contribution in [0.5, 0.6) is 11.5 Å². The number of ether oxygens (including phenoxy) is 2. The van der Waals surface area contributed by atoms with E-state index < -0.39 is 0 Å². The molecule has 30 heavy (non-hydrogen) atoms. The third-order valence-electron chi connectivity index (χ3n) is 4.42. The van der Waals surface area contributed by atoms with Crippen LogP contribution in [0.3, 0.4) is 0 Å². The van der Waals surface area contributed by atoms with E-state index in [0.717, 1.165) is 22.8 Å². The van der Waals surface area contributed by atoms with Gasteiger partial charge in [-0.25, -0.2) is 4.98 Å². The van der Waals surface area contributed by atoms with Crippen LogP contribution in [0, 0.1) is 6.92 Å². The fourth-order valence-corrected chi connectivity index (χ4v) is 3.54. The van der Waals surface area contributed by atoms with E-state index in [-0.39, 0.29) is 17.7 Å². The van der Waals surface area contributed by atoms with Crippen molar-refractivity contribution in [3.63, 3.8) is 0 Å². The molecule has 1 aliphatic rings. The van der Waals surface area contributed by atoms with Crippen LogP contribution >= 0.6 is 11.8 Å². The lowest BCUT2D eigenvalue weighted by Gasteiger charge is -2.21. The van der Waals surface area contributed by atoms with Crippen LogP contribution in [-0.4, -0.2) is 40.1 Å². The van der Waals surface area contributed by atoms with Gasteiger partial charge in [-0.15, -0.1) is 5.10 Å². The summed E-state index contributed by atoms with van der Waals surface area (Å²) in [6.45, 7) is 4.90. The molecule has 4 rings (SSSR count). The van der Waals surface area contributed by atoms with Crippen molar-refractivity contribution < 1.29 is 18.7 Å². The summed E-state index contributed by atoms with van der Waals surface area (Å²) in [7, 11) is 0. The number of amides is 1. The maximum absolute atomic E-state index is 12.3. The van der Waals surface area contributed by atoms with Crippen molar-refractivity contribution >= 4 is 29.8 Å². The summed E-state index contributed by atoms with van der Waals surface area (Å²) in [6, 6.07) is 9.32. The molecule has 0 aliphatic carbocycles. The summed E-state index contributed by atoms with van der Waals surface area (Å²) < 4.78 is 16.6. The molecule has 2 aromatic heterocycles. The molecule has 2 N–H and O–H groups in total. The zero-order valence-electron chi connectivity index (χ0n) is 16.7. The number of nitrogens with zero attached hydrogens (tertiary/aromatic N) is 2. The molecule has 1 atom stereocenters. The van der Waals surface area contributed by atoms with Gasteiger partial charge in [0.2, 0.25) is 11.1 Å². The van der Waals surface area contributed by atoms with Crippen LogP contribution < -0.4 is 14.8 Å². The van der Waals surface area contributed by atoms with E-state index in [1.807, 2.05) is 50.3 Å². The van der Waals surface area contributed by atoms with Gasteiger partial charge in [0.1, 0.15) is 30.6 Å². The standard InChI is InChI=1S/C21H22N4O4S/c1-13-3-5-16(29-13)6-8-19-23-21(25-24-19)30-12-20(26)22-14(2)15-4-7-17-18(11-15)28-10-9-27-17/h3-8,11,14H,9-10,12H2,1-2H3,(H,22,26)(H,23,24,25). The van der Waals surface area contributed by atoms with Crippen LogP contribution in [0.25, 0.3) is 12.2 Å². The average molecular weight is 426 g/mol. The minimum Gasteiger partial charge on any atom is -0.486 e. The SMILES string of the molecule is Cc1ccc(C=Cc2nc(SCC(=O)NC(C)c3ccc4c(c3)OCCO4)n[nH]2)o1. The van der Waals surface area contributed by atoms with Crippen molar-refractivity contribution in [2.24, 2.45) is 0 Å². The number of fused-ring (bicyclic) bond motifs is 1. The number of hydrogen-bond donors (Lipinski definition) is 2.